The number of hydrogen-bond donors (Lipinski definition) is 1. The van der Waals surface area contributed by atoms with E-state index in [4.69, 9.17) is 4.74 Å². The van der Waals surface area contributed by atoms with Crippen LogP contribution in [0.2, 0.25) is 0 Å². The van der Waals surface area contributed by atoms with E-state index in [0.717, 1.165) is 24.3 Å². The Morgan fingerprint density at radius 2 is 2.27 bits per heavy atom. The first-order chi connectivity index (χ1) is 10.8. The Bertz CT molecular complexity index is 591. The van der Waals surface area contributed by atoms with Crippen molar-refractivity contribution >= 4 is 17.4 Å². The molecule has 1 N–H and O–H groups in total. The normalized spacial score (nSPS) is 18.0. The van der Waals surface area contributed by atoms with Crippen molar-refractivity contribution in [3.05, 3.63) is 40.8 Å². The van der Waals surface area contributed by atoms with Crippen molar-refractivity contribution in [1.82, 2.24) is 20.2 Å². The molecule has 0 spiro atoms. The number of likely N-dealkylation sites (tertiary alicyclic amines) is 1. The fourth-order valence-electron chi connectivity index (χ4n) is 2.40. The second kappa shape index (κ2) is 7.22. The van der Waals surface area contributed by atoms with Crippen molar-refractivity contribution in [3.63, 3.8) is 0 Å². The highest BCUT2D eigenvalue weighted by Gasteiger charge is 2.25. The van der Waals surface area contributed by atoms with Crippen LogP contribution in [-0.4, -0.2) is 40.1 Å². The molecule has 1 unspecified atom stereocenters. The summed E-state index contributed by atoms with van der Waals surface area (Å²) in [6.07, 6.45) is 5.08. The lowest BCUT2D eigenvalue weighted by atomic mass is 10.1. The zero-order valence-electron chi connectivity index (χ0n) is 12.1. The minimum absolute atomic E-state index is 0.0457. The van der Waals surface area contributed by atoms with E-state index < -0.39 is 0 Å². The van der Waals surface area contributed by atoms with Crippen molar-refractivity contribution in [1.29, 1.82) is 0 Å². The van der Waals surface area contributed by atoms with Gasteiger partial charge in [-0.05, 0) is 30.4 Å². The summed E-state index contributed by atoms with van der Waals surface area (Å²) in [6.45, 7) is 1.89. The molecule has 0 aromatic carbocycles. The van der Waals surface area contributed by atoms with Crippen LogP contribution in [0.25, 0.3) is 0 Å². The molecule has 3 rings (SSSR count). The van der Waals surface area contributed by atoms with Gasteiger partial charge in [0.2, 0.25) is 0 Å². The lowest BCUT2D eigenvalue weighted by molar-refractivity contribution is 0.0938. The number of hydrogen-bond acceptors (Lipinski definition) is 5. The molecule has 1 aliphatic rings. The van der Waals surface area contributed by atoms with E-state index in [9.17, 15) is 4.79 Å². The van der Waals surface area contributed by atoms with Crippen molar-refractivity contribution in [3.8, 4) is 6.01 Å². The number of ether oxygens (including phenoxy) is 1. The molecule has 6 nitrogen and oxygen atoms in total. The number of carbonyl (C=O) groups is 1. The summed E-state index contributed by atoms with van der Waals surface area (Å²) in [5.41, 5.74) is 0. The molecular formula is C15H18N4O2S. The minimum Gasteiger partial charge on any atom is -0.458 e. The Morgan fingerprint density at radius 3 is 3.05 bits per heavy atom. The number of carbonyl (C=O) groups excluding carboxylic acids is 1. The summed E-state index contributed by atoms with van der Waals surface area (Å²) in [7, 11) is 0. The first-order valence-corrected chi connectivity index (χ1v) is 8.18. The largest absolute Gasteiger partial charge is 0.458 e. The van der Waals surface area contributed by atoms with Crippen LogP contribution in [0.3, 0.4) is 0 Å². The van der Waals surface area contributed by atoms with Crippen LogP contribution < -0.4 is 10.1 Å². The molecular weight excluding hydrogens is 300 g/mol. The third-order valence-electron chi connectivity index (χ3n) is 3.47. The lowest BCUT2D eigenvalue weighted by Crippen LogP contribution is -2.48. The average molecular weight is 318 g/mol. The molecule has 0 radical (unpaired) electrons. The van der Waals surface area contributed by atoms with Crippen LogP contribution in [0.15, 0.2) is 36.0 Å². The van der Waals surface area contributed by atoms with E-state index in [1.165, 1.54) is 0 Å². The van der Waals surface area contributed by atoms with Gasteiger partial charge in [-0.25, -0.2) is 14.8 Å². The highest BCUT2D eigenvalue weighted by molar-refractivity contribution is 7.09. The Labute approximate surface area is 133 Å². The topological polar surface area (TPSA) is 67.4 Å². The van der Waals surface area contributed by atoms with E-state index in [0.29, 0.717) is 19.1 Å². The second-order valence-electron chi connectivity index (χ2n) is 5.10. The number of aromatic nitrogens is 2. The monoisotopic (exact) mass is 318 g/mol. The molecule has 7 heteroatoms. The zero-order chi connectivity index (χ0) is 15.2. The molecule has 116 valence electrons. The maximum absolute atomic E-state index is 12.2. The summed E-state index contributed by atoms with van der Waals surface area (Å²) >= 11 is 1.64. The third-order valence-corrected chi connectivity index (χ3v) is 4.35. The molecule has 1 fully saturated rings. The molecule has 1 atom stereocenters. The van der Waals surface area contributed by atoms with Crippen molar-refractivity contribution in [2.45, 2.75) is 25.5 Å². The molecule has 0 bridgehead atoms. The number of piperidine rings is 1. The van der Waals surface area contributed by atoms with E-state index in [2.05, 4.69) is 15.3 Å². The smallest absolute Gasteiger partial charge is 0.317 e. The van der Waals surface area contributed by atoms with Gasteiger partial charge in [-0.1, -0.05) is 6.07 Å². The van der Waals surface area contributed by atoms with Crippen LogP contribution in [0.5, 0.6) is 6.01 Å². The van der Waals surface area contributed by atoms with Gasteiger partial charge in [0.15, 0.2) is 0 Å². The SMILES string of the molecule is O=C(NCc1cccs1)N1CCCC(Oc2ncccn2)C1. The highest BCUT2D eigenvalue weighted by atomic mass is 32.1. The van der Waals surface area contributed by atoms with E-state index in [1.807, 2.05) is 17.5 Å². The Kier molecular flexibility index (Phi) is 4.85. The van der Waals surface area contributed by atoms with Crippen LogP contribution in [0.1, 0.15) is 17.7 Å². The van der Waals surface area contributed by atoms with Crippen molar-refractivity contribution in [2.75, 3.05) is 13.1 Å². The Hall–Kier alpha value is -2.15. The number of rotatable bonds is 4. The van der Waals surface area contributed by atoms with Gasteiger partial charge >= 0.3 is 12.0 Å². The molecule has 22 heavy (non-hydrogen) atoms. The fourth-order valence-corrected chi connectivity index (χ4v) is 3.05. The van der Waals surface area contributed by atoms with E-state index in [-0.39, 0.29) is 12.1 Å². The summed E-state index contributed by atoms with van der Waals surface area (Å²) in [5.74, 6) is 0. The lowest BCUT2D eigenvalue weighted by Gasteiger charge is -2.32. The van der Waals surface area contributed by atoms with E-state index in [1.54, 1.807) is 34.7 Å². The van der Waals surface area contributed by atoms with Gasteiger partial charge in [-0.15, -0.1) is 11.3 Å². The number of urea groups is 1. The summed E-state index contributed by atoms with van der Waals surface area (Å²) in [6, 6.07) is 6.07. The van der Waals surface area contributed by atoms with Crippen LogP contribution in [0.4, 0.5) is 4.79 Å². The van der Waals surface area contributed by atoms with Crippen LogP contribution in [0, 0.1) is 0 Å². The summed E-state index contributed by atoms with van der Waals surface area (Å²) < 4.78 is 5.74. The second-order valence-corrected chi connectivity index (χ2v) is 6.13. The van der Waals surface area contributed by atoms with Gasteiger partial charge < -0.3 is 15.0 Å². The number of thiophene rings is 1. The minimum atomic E-state index is -0.0522. The zero-order valence-corrected chi connectivity index (χ0v) is 13.0. The predicted molar refractivity (Wildman–Crippen MR) is 83.8 cm³/mol. The van der Waals surface area contributed by atoms with Crippen LogP contribution >= 0.6 is 11.3 Å². The van der Waals surface area contributed by atoms with Gasteiger partial charge in [0.25, 0.3) is 0 Å². The maximum atomic E-state index is 12.2. The molecule has 2 amide bonds. The van der Waals surface area contributed by atoms with Gasteiger partial charge in [-0.2, -0.15) is 0 Å². The molecule has 0 aliphatic carbocycles. The Morgan fingerprint density at radius 1 is 1.41 bits per heavy atom. The fraction of sp³-hybridized carbons (Fsp3) is 0.400. The summed E-state index contributed by atoms with van der Waals surface area (Å²) in [4.78, 5) is 23.3. The quantitative estimate of drug-likeness (QED) is 0.939. The molecule has 2 aromatic heterocycles. The first kappa shape index (κ1) is 14.8. The van der Waals surface area contributed by atoms with E-state index >= 15 is 0 Å². The van der Waals surface area contributed by atoms with Crippen molar-refractivity contribution in [2.24, 2.45) is 0 Å². The standard InChI is InChI=1S/C15H18N4O2S/c20-15(18-10-13-5-2-9-22-13)19-8-1-4-12(11-19)21-14-16-6-3-7-17-14/h2-3,5-7,9,12H,1,4,8,10-11H2,(H,18,20). The highest BCUT2D eigenvalue weighted by Crippen LogP contribution is 2.15. The third kappa shape index (κ3) is 3.94. The van der Waals surface area contributed by atoms with Gasteiger partial charge in [0.05, 0.1) is 13.1 Å². The van der Waals surface area contributed by atoms with Gasteiger partial charge in [-0.3, -0.25) is 0 Å². The van der Waals surface area contributed by atoms with Gasteiger partial charge in [0, 0.05) is 23.8 Å². The molecule has 1 saturated heterocycles. The predicted octanol–water partition coefficient (Wildman–Crippen LogP) is 2.29. The summed E-state index contributed by atoms with van der Waals surface area (Å²) in [5, 5.41) is 4.96. The Balaban J connectivity index is 1.50. The van der Waals surface area contributed by atoms with Gasteiger partial charge in [0.1, 0.15) is 6.10 Å². The van der Waals surface area contributed by atoms with Crippen molar-refractivity contribution < 1.29 is 9.53 Å². The number of nitrogens with zero attached hydrogens (tertiary/aromatic N) is 3. The average Bonchev–Trinajstić information content (AvgIpc) is 3.07. The first-order valence-electron chi connectivity index (χ1n) is 7.30. The molecule has 0 saturated carbocycles. The van der Waals surface area contributed by atoms with Crippen LogP contribution in [-0.2, 0) is 6.54 Å². The maximum Gasteiger partial charge on any atom is 0.317 e. The molecule has 1 aliphatic heterocycles. The molecule has 2 aromatic rings. The number of nitrogens with one attached hydrogen (secondary N) is 1. The molecule has 3 heterocycles. The number of amides is 2.